The van der Waals surface area contributed by atoms with Crippen molar-refractivity contribution in [2.75, 3.05) is 6.61 Å². The third-order valence-electron chi connectivity index (χ3n) is 4.16. The highest BCUT2D eigenvalue weighted by molar-refractivity contribution is 9.10. The van der Waals surface area contributed by atoms with E-state index in [9.17, 15) is 9.59 Å². The van der Waals surface area contributed by atoms with Crippen LogP contribution < -0.4 is 20.2 Å². The molecule has 8 nitrogen and oxygen atoms in total. The first-order valence-electron chi connectivity index (χ1n) is 9.83. The molecule has 2 N–H and O–H groups in total. The molecule has 0 saturated heterocycles. The number of rotatable bonds is 9. The number of nitrogens with one attached hydrogen (secondary N) is 2. The minimum absolute atomic E-state index is 0.113. The number of ether oxygens (including phenoxy) is 2. The molecule has 0 saturated carbocycles. The van der Waals surface area contributed by atoms with Crippen LogP contribution in [0.15, 0.2) is 74.9 Å². The molecule has 1 heterocycles. The van der Waals surface area contributed by atoms with E-state index in [1.165, 1.54) is 12.5 Å². The lowest BCUT2D eigenvalue weighted by Crippen LogP contribution is -2.37. The molecule has 0 aliphatic carbocycles. The molecule has 1 aromatic heterocycles. The van der Waals surface area contributed by atoms with E-state index in [2.05, 4.69) is 31.8 Å². The Morgan fingerprint density at radius 3 is 2.59 bits per heavy atom. The molecule has 0 spiro atoms. The summed E-state index contributed by atoms with van der Waals surface area (Å²) in [5.41, 5.74) is 3.88. The molecule has 32 heavy (non-hydrogen) atoms. The summed E-state index contributed by atoms with van der Waals surface area (Å²) >= 11 is 3.41. The van der Waals surface area contributed by atoms with Crippen molar-refractivity contribution in [1.29, 1.82) is 0 Å². The monoisotopic (exact) mass is 499 g/mol. The Kier molecular flexibility index (Phi) is 8.44. The fourth-order valence-corrected chi connectivity index (χ4v) is 2.88. The van der Waals surface area contributed by atoms with E-state index < -0.39 is 11.8 Å². The van der Waals surface area contributed by atoms with Crippen LogP contribution in [-0.2, 0) is 22.7 Å². The first-order valence-corrected chi connectivity index (χ1v) is 10.6. The number of hydrazone groups is 1. The third-order valence-corrected chi connectivity index (χ3v) is 4.69. The quantitative estimate of drug-likeness (QED) is 0.265. The zero-order chi connectivity index (χ0) is 22.8. The molecule has 2 amide bonds. The average Bonchev–Trinajstić information content (AvgIpc) is 3.32. The van der Waals surface area contributed by atoms with Gasteiger partial charge in [-0.2, -0.15) is 5.10 Å². The molecule has 0 atom stereocenters. The normalized spacial score (nSPS) is 10.7. The Morgan fingerprint density at radius 1 is 1.06 bits per heavy atom. The van der Waals surface area contributed by atoms with E-state index in [0.29, 0.717) is 36.0 Å². The molecule has 3 rings (SSSR count). The number of halogens is 1. The molecule has 0 bridgehead atoms. The Balaban J connectivity index is 1.55. The number of hydrogen-bond donors (Lipinski definition) is 2. The van der Waals surface area contributed by atoms with Gasteiger partial charge in [0, 0.05) is 4.47 Å². The maximum absolute atomic E-state index is 11.8. The molecule has 0 radical (unpaired) electrons. The molecule has 9 heteroatoms. The van der Waals surface area contributed by atoms with E-state index in [4.69, 9.17) is 13.9 Å². The number of furan rings is 1. The number of nitrogens with zero attached hydrogens (tertiary/aromatic N) is 1. The number of carbonyl (C=O) groups excluding carboxylic acids is 2. The molecule has 3 aromatic rings. The van der Waals surface area contributed by atoms with Crippen molar-refractivity contribution in [2.24, 2.45) is 5.10 Å². The second kappa shape index (κ2) is 11.7. The van der Waals surface area contributed by atoms with Crippen LogP contribution in [0.5, 0.6) is 11.5 Å². The fourth-order valence-electron chi connectivity index (χ4n) is 2.61. The number of hydrogen-bond acceptors (Lipinski definition) is 6. The lowest BCUT2D eigenvalue weighted by Gasteiger charge is -2.12. The minimum Gasteiger partial charge on any atom is -0.490 e. The summed E-state index contributed by atoms with van der Waals surface area (Å²) in [6.07, 6.45) is 2.90. The minimum atomic E-state index is -0.882. The van der Waals surface area contributed by atoms with Gasteiger partial charge < -0.3 is 19.2 Å². The van der Waals surface area contributed by atoms with E-state index in [1.54, 1.807) is 30.3 Å². The van der Waals surface area contributed by atoms with Crippen LogP contribution in [0.25, 0.3) is 0 Å². The van der Waals surface area contributed by atoms with E-state index >= 15 is 0 Å². The zero-order valence-corrected chi connectivity index (χ0v) is 18.9. The molecule has 0 aliphatic rings. The van der Waals surface area contributed by atoms with Crippen molar-refractivity contribution in [3.8, 4) is 11.5 Å². The maximum atomic E-state index is 11.8. The molecule has 166 valence electrons. The van der Waals surface area contributed by atoms with Gasteiger partial charge in [-0.15, -0.1) is 0 Å². The largest absolute Gasteiger partial charge is 0.490 e. The van der Waals surface area contributed by atoms with Crippen LogP contribution in [0, 0.1) is 0 Å². The Labute approximate surface area is 193 Å². The van der Waals surface area contributed by atoms with Crippen molar-refractivity contribution in [3.05, 3.63) is 82.2 Å². The summed E-state index contributed by atoms with van der Waals surface area (Å²) in [5.74, 6) is -0.0116. The average molecular weight is 500 g/mol. The molecule has 0 aliphatic heterocycles. The van der Waals surface area contributed by atoms with Crippen LogP contribution in [0.2, 0.25) is 0 Å². The van der Waals surface area contributed by atoms with Crippen LogP contribution in [-0.4, -0.2) is 24.6 Å². The van der Waals surface area contributed by atoms with E-state index in [-0.39, 0.29) is 6.54 Å². The van der Waals surface area contributed by atoms with Gasteiger partial charge in [0.25, 0.3) is 0 Å². The smallest absolute Gasteiger partial charge is 0.329 e. The summed E-state index contributed by atoms with van der Waals surface area (Å²) in [6, 6.07) is 16.5. The van der Waals surface area contributed by atoms with Crippen LogP contribution in [0.3, 0.4) is 0 Å². The SMILES string of the molecule is CCOc1cc(/C=N\NC(=O)C(=O)NCc2ccco2)ccc1OCc1ccc(Br)cc1. The second-order valence-corrected chi connectivity index (χ2v) is 7.43. The zero-order valence-electron chi connectivity index (χ0n) is 17.3. The predicted molar refractivity (Wildman–Crippen MR) is 122 cm³/mol. The highest BCUT2D eigenvalue weighted by atomic mass is 79.9. The van der Waals surface area contributed by atoms with Crippen LogP contribution in [0.1, 0.15) is 23.8 Å². The number of carbonyl (C=O) groups is 2. The number of amides is 2. The van der Waals surface area contributed by atoms with Gasteiger partial charge in [-0.25, -0.2) is 5.43 Å². The first kappa shape index (κ1) is 23.1. The molecule has 0 fully saturated rings. The molecule has 0 unspecified atom stereocenters. The Bertz CT molecular complexity index is 1070. The van der Waals surface area contributed by atoms with E-state index in [1.807, 2.05) is 31.2 Å². The summed E-state index contributed by atoms with van der Waals surface area (Å²) in [6.45, 7) is 2.84. The maximum Gasteiger partial charge on any atom is 0.329 e. The van der Waals surface area contributed by atoms with Gasteiger partial charge in [-0.1, -0.05) is 28.1 Å². The first-order chi connectivity index (χ1) is 15.5. The van der Waals surface area contributed by atoms with Crippen molar-refractivity contribution >= 4 is 34.0 Å². The van der Waals surface area contributed by atoms with E-state index in [0.717, 1.165) is 10.0 Å². The molecule has 2 aromatic carbocycles. The highest BCUT2D eigenvalue weighted by Gasteiger charge is 2.12. The van der Waals surface area contributed by atoms with Gasteiger partial charge in [0.1, 0.15) is 12.4 Å². The molecular formula is C23H22BrN3O5. The predicted octanol–water partition coefficient (Wildman–Crippen LogP) is 3.79. The summed E-state index contributed by atoms with van der Waals surface area (Å²) in [5, 5.41) is 6.27. The summed E-state index contributed by atoms with van der Waals surface area (Å²) in [7, 11) is 0. The van der Waals surface area contributed by atoms with Gasteiger partial charge >= 0.3 is 11.8 Å². The van der Waals surface area contributed by atoms with Gasteiger partial charge in [0.15, 0.2) is 11.5 Å². The summed E-state index contributed by atoms with van der Waals surface area (Å²) in [4.78, 5) is 23.6. The topological polar surface area (TPSA) is 102 Å². The fraction of sp³-hybridized carbons (Fsp3) is 0.174. The van der Waals surface area contributed by atoms with Crippen molar-refractivity contribution in [3.63, 3.8) is 0 Å². The van der Waals surface area contributed by atoms with Crippen molar-refractivity contribution < 1.29 is 23.5 Å². The molecular weight excluding hydrogens is 478 g/mol. The summed E-state index contributed by atoms with van der Waals surface area (Å²) < 4.78 is 17.6. The standard InChI is InChI=1S/C23H22BrN3O5/c1-2-30-21-12-17(7-10-20(21)32-15-16-5-8-18(24)9-6-16)13-26-27-23(29)22(28)25-14-19-4-3-11-31-19/h3-13H,2,14-15H2,1H3,(H,25,28)(H,27,29)/b26-13-. The lowest BCUT2D eigenvalue weighted by molar-refractivity contribution is -0.139. The van der Waals surface area contributed by atoms with Crippen molar-refractivity contribution in [1.82, 2.24) is 10.7 Å². The van der Waals surface area contributed by atoms with Crippen LogP contribution in [0.4, 0.5) is 0 Å². The number of benzene rings is 2. The Hall–Kier alpha value is -3.59. The van der Waals surface area contributed by atoms with Gasteiger partial charge in [-0.3, -0.25) is 9.59 Å². The van der Waals surface area contributed by atoms with Gasteiger partial charge in [0.2, 0.25) is 0 Å². The Morgan fingerprint density at radius 2 is 1.88 bits per heavy atom. The lowest BCUT2D eigenvalue weighted by atomic mass is 10.2. The second-order valence-electron chi connectivity index (χ2n) is 6.52. The van der Waals surface area contributed by atoms with Crippen LogP contribution >= 0.6 is 15.9 Å². The highest BCUT2D eigenvalue weighted by Crippen LogP contribution is 2.29. The van der Waals surface area contributed by atoms with Crippen molar-refractivity contribution in [2.45, 2.75) is 20.1 Å². The third kappa shape index (κ3) is 6.98. The van der Waals surface area contributed by atoms with Gasteiger partial charge in [-0.05, 0) is 60.5 Å². The van der Waals surface area contributed by atoms with Gasteiger partial charge in [0.05, 0.1) is 25.6 Å².